The SMILES string of the molecule is CCC(C)Oc1ccc(NC(=O)CCCNC)cc1.Cl. The first-order chi connectivity index (χ1) is 9.15. The van der Waals surface area contributed by atoms with E-state index in [0.717, 1.165) is 30.8 Å². The number of amides is 1. The molecule has 20 heavy (non-hydrogen) atoms. The first-order valence-corrected chi connectivity index (χ1v) is 6.87. The Morgan fingerprint density at radius 2 is 1.95 bits per heavy atom. The highest BCUT2D eigenvalue weighted by molar-refractivity contribution is 5.90. The summed E-state index contributed by atoms with van der Waals surface area (Å²) in [6.45, 7) is 4.98. The first kappa shape index (κ1) is 18.7. The second-order valence-electron chi connectivity index (χ2n) is 4.62. The lowest BCUT2D eigenvalue weighted by Gasteiger charge is -2.13. The average molecular weight is 301 g/mol. The van der Waals surface area contributed by atoms with Crippen LogP contribution in [0.4, 0.5) is 5.69 Å². The molecule has 0 aliphatic rings. The Hall–Kier alpha value is -1.26. The van der Waals surface area contributed by atoms with E-state index in [2.05, 4.69) is 17.6 Å². The van der Waals surface area contributed by atoms with E-state index in [1.807, 2.05) is 38.2 Å². The average Bonchev–Trinajstić information content (AvgIpc) is 2.41. The van der Waals surface area contributed by atoms with Crippen LogP contribution in [0.5, 0.6) is 5.75 Å². The molecule has 0 bridgehead atoms. The fraction of sp³-hybridized carbons (Fsp3) is 0.533. The molecule has 0 heterocycles. The maximum atomic E-state index is 11.6. The van der Waals surface area contributed by atoms with Crippen molar-refractivity contribution in [3.8, 4) is 5.75 Å². The summed E-state index contributed by atoms with van der Waals surface area (Å²) < 4.78 is 5.68. The zero-order chi connectivity index (χ0) is 14.1. The molecule has 0 aliphatic heterocycles. The molecule has 1 unspecified atom stereocenters. The number of ether oxygens (including phenoxy) is 1. The summed E-state index contributed by atoms with van der Waals surface area (Å²) in [4.78, 5) is 11.6. The predicted molar refractivity (Wildman–Crippen MR) is 85.9 cm³/mol. The Labute approximate surface area is 127 Å². The quantitative estimate of drug-likeness (QED) is 0.725. The molecule has 2 N–H and O–H groups in total. The van der Waals surface area contributed by atoms with Gasteiger partial charge in [0.1, 0.15) is 5.75 Å². The zero-order valence-corrected chi connectivity index (χ0v) is 13.3. The minimum Gasteiger partial charge on any atom is -0.491 e. The number of halogens is 1. The van der Waals surface area contributed by atoms with Crippen LogP contribution in [0.2, 0.25) is 0 Å². The van der Waals surface area contributed by atoms with Crippen LogP contribution in [0.25, 0.3) is 0 Å². The van der Waals surface area contributed by atoms with Crippen LogP contribution in [0.3, 0.4) is 0 Å². The molecule has 1 rings (SSSR count). The third-order valence-electron chi connectivity index (χ3n) is 2.88. The van der Waals surface area contributed by atoms with Crippen LogP contribution in [0.15, 0.2) is 24.3 Å². The van der Waals surface area contributed by atoms with E-state index in [1.165, 1.54) is 0 Å². The Bertz CT molecular complexity index is 382. The van der Waals surface area contributed by atoms with Gasteiger partial charge in [-0.1, -0.05) is 6.92 Å². The van der Waals surface area contributed by atoms with Gasteiger partial charge >= 0.3 is 0 Å². The first-order valence-electron chi connectivity index (χ1n) is 6.87. The monoisotopic (exact) mass is 300 g/mol. The Balaban J connectivity index is 0.00000361. The molecule has 0 saturated carbocycles. The van der Waals surface area contributed by atoms with Crippen molar-refractivity contribution in [1.82, 2.24) is 5.32 Å². The minimum atomic E-state index is 0. The Kier molecular flexibility index (Phi) is 9.86. The molecule has 0 aromatic heterocycles. The molecule has 0 aliphatic carbocycles. The van der Waals surface area contributed by atoms with E-state index in [1.54, 1.807) is 0 Å². The zero-order valence-electron chi connectivity index (χ0n) is 12.4. The summed E-state index contributed by atoms with van der Waals surface area (Å²) in [5.74, 6) is 0.883. The molecular weight excluding hydrogens is 276 g/mol. The standard InChI is InChI=1S/C15H24N2O2.ClH/c1-4-12(2)19-14-9-7-13(8-10-14)17-15(18)6-5-11-16-3;/h7-10,12,16H,4-6,11H2,1-3H3,(H,17,18);1H. The molecule has 1 amide bonds. The van der Waals surface area contributed by atoms with Crippen molar-refractivity contribution in [3.63, 3.8) is 0 Å². The van der Waals surface area contributed by atoms with Gasteiger partial charge < -0.3 is 15.4 Å². The number of benzene rings is 1. The molecule has 0 fully saturated rings. The summed E-state index contributed by atoms with van der Waals surface area (Å²) in [7, 11) is 1.88. The molecule has 1 atom stereocenters. The maximum Gasteiger partial charge on any atom is 0.224 e. The van der Waals surface area contributed by atoms with Gasteiger partial charge in [0.25, 0.3) is 0 Å². The van der Waals surface area contributed by atoms with Crippen LogP contribution < -0.4 is 15.4 Å². The van der Waals surface area contributed by atoms with Crippen LogP contribution >= 0.6 is 12.4 Å². The lowest BCUT2D eigenvalue weighted by molar-refractivity contribution is -0.116. The highest BCUT2D eigenvalue weighted by Gasteiger charge is 2.03. The molecule has 4 nitrogen and oxygen atoms in total. The number of rotatable bonds is 8. The van der Waals surface area contributed by atoms with Crippen LogP contribution in [0.1, 0.15) is 33.1 Å². The van der Waals surface area contributed by atoms with Crippen molar-refractivity contribution in [2.45, 2.75) is 39.2 Å². The highest BCUT2D eigenvalue weighted by Crippen LogP contribution is 2.17. The van der Waals surface area contributed by atoms with Crippen molar-refractivity contribution in [2.75, 3.05) is 18.9 Å². The van der Waals surface area contributed by atoms with Gasteiger partial charge in [0, 0.05) is 12.1 Å². The van der Waals surface area contributed by atoms with Crippen molar-refractivity contribution in [3.05, 3.63) is 24.3 Å². The summed E-state index contributed by atoms with van der Waals surface area (Å²) in [5, 5.41) is 5.89. The van der Waals surface area contributed by atoms with E-state index >= 15 is 0 Å². The highest BCUT2D eigenvalue weighted by atomic mass is 35.5. The fourth-order valence-electron chi connectivity index (χ4n) is 1.58. The number of anilines is 1. The van der Waals surface area contributed by atoms with Gasteiger partial charge in [-0.15, -0.1) is 12.4 Å². The van der Waals surface area contributed by atoms with Gasteiger partial charge in [0.15, 0.2) is 0 Å². The Morgan fingerprint density at radius 3 is 2.50 bits per heavy atom. The largest absolute Gasteiger partial charge is 0.491 e. The van der Waals surface area contributed by atoms with Crippen LogP contribution in [-0.2, 0) is 4.79 Å². The van der Waals surface area contributed by atoms with Crippen molar-refractivity contribution < 1.29 is 9.53 Å². The van der Waals surface area contributed by atoms with Gasteiger partial charge in [-0.05, 0) is 57.6 Å². The second-order valence-corrected chi connectivity index (χ2v) is 4.62. The van der Waals surface area contributed by atoms with Gasteiger partial charge in [0.2, 0.25) is 5.91 Å². The maximum absolute atomic E-state index is 11.6. The van der Waals surface area contributed by atoms with E-state index < -0.39 is 0 Å². The molecule has 0 spiro atoms. The number of hydrogen-bond acceptors (Lipinski definition) is 3. The third kappa shape index (κ3) is 7.36. The topological polar surface area (TPSA) is 50.4 Å². The third-order valence-corrected chi connectivity index (χ3v) is 2.88. The summed E-state index contributed by atoms with van der Waals surface area (Å²) in [5.41, 5.74) is 0.811. The molecule has 0 saturated heterocycles. The van der Waals surface area contributed by atoms with Crippen molar-refractivity contribution >= 4 is 24.0 Å². The smallest absolute Gasteiger partial charge is 0.224 e. The summed E-state index contributed by atoms with van der Waals surface area (Å²) in [6, 6.07) is 7.51. The molecular formula is C15H25ClN2O2. The number of carbonyl (C=O) groups is 1. The van der Waals surface area contributed by atoms with Gasteiger partial charge in [-0.3, -0.25) is 4.79 Å². The molecule has 1 aromatic rings. The van der Waals surface area contributed by atoms with Crippen molar-refractivity contribution in [1.29, 1.82) is 0 Å². The van der Waals surface area contributed by atoms with Gasteiger partial charge in [-0.2, -0.15) is 0 Å². The fourth-order valence-corrected chi connectivity index (χ4v) is 1.58. The van der Waals surface area contributed by atoms with Gasteiger partial charge in [0.05, 0.1) is 6.10 Å². The number of nitrogens with one attached hydrogen (secondary N) is 2. The van der Waals surface area contributed by atoms with Crippen molar-refractivity contribution in [2.24, 2.45) is 0 Å². The molecule has 5 heteroatoms. The second kappa shape index (κ2) is 10.5. The van der Waals surface area contributed by atoms with E-state index in [-0.39, 0.29) is 24.4 Å². The van der Waals surface area contributed by atoms with Gasteiger partial charge in [-0.25, -0.2) is 0 Å². The van der Waals surface area contributed by atoms with Crippen LogP contribution in [0, 0.1) is 0 Å². The summed E-state index contributed by atoms with van der Waals surface area (Å²) in [6.07, 6.45) is 2.56. The molecule has 114 valence electrons. The number of hydrogen-bond donors (Lipinski definition) is 2. The molecule has 0 radical (unpaired) electrons. The van der Waals surface area contributed by atoms with E-state index in [4.69, 9.17) is 4.74 Å². The minimum absolute atomic E-state index is 0. The number of carbonyl (C=O) groups excluding carboxylic acids is 1. The Morgan fingerprint density at radius 1 is 1.30 bits per heavy atom. The lowest BCUT2D eigenvalue weighted by atomic mass is 10.2. The van der Waals surface area contributed by atoms with E-state index in [9.17, 15) is 4.79 Å². The molecule has 1 aromatic carbocycles. The lowest BCUT2D eigenvalue weighted by Crippen LogP contribution is -2.15. The van der Waals surface area contributed by atoms with E-state index in [0.29, 0.717) is 6.42 Å². The van der Waals surface area contributed by atoms with Crippen LogP contribution in [-0.4, -0.2) is 25.6 Å². The normalized spacial score (nSPS) is 11.3. The summed E-state index contributed by atoms with van der Waals surface area (Å²) >= 11 is 0. The predicted octanol–water partition coefficient (Wildman–Crippen LogP) is 3.22.